The monoisotopic (exact) mass is 268 g/mol. The fraction of sp³-hybridized carbons (Fsp3) is 0.267. The van der Waals surface area contributed by atoms with Gasteiger partial charge in [0.05, 0.1) is 11.3 Å². The highest BCUT2D eigenvalue weighted by molar-refractivity contribution is 6.07. The molecule has 0 unspecified atom stereocenters. The first-order chi connectivity index (χ1) is 9.37. The molecule has 0 aliphatic rings. The number of benzene rings is 1. The maximum Gasteiger partial charge on any atom is 0.267 e. The number of amides is 1. The first-order valence-corrected chi connectivity index (χ1v) is 6.06. The van der Waals surface area contributed by atoms with Gasteiger partial charge in [-0.25, -0.2) is 0 Å². The Balaban J connectivity index is 2.90. The Morgan fingerprint density at radius 3 is 2.45 bits per heavy atom. The van der Waals surface area contributed by atoms with Gasteiger partial charge in [0.25, 0.3) is 5.91 Å². The van der Waals surface area contributed by atoms with E-state index in [1.807, 2.05) is 32.9 Å². The van der Waals surface area contributed by atoms with E-state index >= 15 is 0 Å². The van der Waals surface area contributed by atoms with Gasteiger partial charge in [-0.2, -0.15) is 10.5 Å². The summed E-state index contributed by atoms with van der Waals surface area (Å²) >= 11 is 0. The Hall–Kier alpha value is -2.79. The van der Waals surface area contributed by atoms with Crippen molar-refractivity contribution in [3.8, 4) is 12.1 Å². The molecule has 2 N–H and O–H groups in total. The molecule has 0 aliphatic carbocycles. The molecule has 20 heavy (non-hydrogen) atoms. The zero-order valence-corrected chi connectivity index (χ0v) is 11.7. The molecule has 1 rings (SSSR count). The highest BCUT2D eigenvalue weighted by Crippen LogP contribution is 2.14. The number of hydrogen-bond acceptors (Lipinski definition) is 4. The van der Waals surface area contributed by atoms with E-state index in [1.54, 1.807) is 24.3 Å². The van der Waals surface area contributed by atoms with Crippen LogP contribution in [0.3, 0.4) is 0 Å². The smallest absolute Gasteiger partial charge is 0.267 e. The molecule has 0 spiro atoms. The van der Waals surface area contributed by atoms with Crippen molar-refractivity contribution in [3.63, 3.8) is 0 Å². The summed E-state index contributed by atoms with van der Waals surface area (Å²) < 4.78 is 0. The molecule has 0 aromatic heterocycles. The lowest BCUT2D eigenvalue weighted by molar-refractivity contribution is -0.112. The summed E-state index contributed by atoms with van der Waals surface area (Å²) in [7, 11) is 0. The molecule has 102 valence electrons. The van der Waals surface area contributed by atoms with Crippen LogP contribution in [0.15, 0.2) is 36.0 Å². The lowest BCUT2D eigenvalue weighted by Gasteiger charge is -2.18. The van der Waals surface area contributed by atoms with Gasteiger partial charge in [-0.05, 0) is 32.9 Å². The second-order valence-electron chi connectivity index (χ2n) is 5.18. The van der Waals surface area contributed by atoms with Crippen molar-refractivity contribution in [2.75, 3.05) is 5.32 Å². The summed E-state index contributed by atoms with van der Waals surface area (Å²) in [4.78, 5) is 12.0. The molecule has 0 atom stereocenters. The van der Waals surface area contributed by atoms with Gasteiger partial charge in [-0.15, -0.1) is 0 Å². The van der Waals surface area contributed by atoms with Crippen LogP contribution in [0.2, 0.25) is 0 Å². The highest BCUT2D eigenvalue weighted by atomic mass is 16.1. The minimum Gasteiger partial charge on any atom is -0.385 e. The standard InChI is InChI=1S/C15H16N4O/c1-15(2,3)18-10-12(9-17)14(20)19-13-7-5-4-6-11(13)8-16/h4-7,10,18H,1-3H3,(H,19,20)/b12-10-. The van der Waals surface area contributed by atoms with Crippen LogP contribution in [0.25, 0.3) is 0 Å². The van der Waals surface area contributed by atoms with Crippen LogP contribution in [0.5, 0.6) is 0 Å². The van der Waals surface area contributed by atoms with Crippen molar-refractivity contribution in [3.05, 3.63) is 41.6 Å². The zero-order valence-electron chi connectivity index (χ0n) is 11.7. The Labute approximate surface area is 118 Å². The predicted octanol–water partition coefficient (Wildman–Crippen LogP) is 2.29. The maximum atomic E-state index is 12.0. The summed E-state index contributed by atoms with van der Waals surface area (Å²) in [6, 6.07) is 10.4. The summed E-state index contributed by atoms with van der Waals surface area (Å²) in [5.41, 5.74) is 0.443. The number of carbonyl (C=O) groups excluding carboxylic acids is 1. The first kappa shape index (κ1) is 15.3. The molecule has 5 heteroatoms. The van der Waals surface area contributed by atoms with E-state index in [9.17, 15) is 4.79 Å². The van der Waals surface area contributed by atoms with Gasteiger partial charge >= 0.3 is 0 Å². The van der Waals surface area contributed by atoms with Gasteiger partial charge in [0.15, 0.2) is 0 Å². The zero-order chi connectivity index (χ0) is 15.2. The second-order valence-corrected chi connectivity index (χ2v) is 5.18. The van der Waals surface area contributed by atoms with Gasteiger partial charge in [0.2, 0.25) is 0 Å². The van der Waals surface area contributed by atoms with E-state index in [0.29, 0.717) is 11.3 Å². The average Bonchev–Trinajstić information content (AvgIpc) is 2.38. The van der Waals surface area contributed by atoms with Crippen LogP contribution in [-0.2, 0) is 4.79 Å². The van der Waals surface area contributed by atoms with Crippen LogP contribution in [0.4, 0.5) is 5.69 Å². The Kier molecular flexibility index (Phi) is 4.88. The quantitative estimate of drug-likeness (QED) is 0.650. The van der Waals surface area contributed by atoms with Crippen molar-refractivity contribution in [2.24, 2.45) is 0 Å². The Morgan fingerprint density at radius 1 is 1.25 bits per heavy atom. The molecular weight excluding hydrogens is 252 g/mol. The third-order valence-corrected chi connectivity index (χ3v) is 2.31. The number of nitrogens with zero attached hydrogens (tertiary/aromatic N) is 2. The summed E-state index contributed by atoms with van der Waals surface area (Å²) in [5.74, 6) is -0.549. The van der Waals surface area contributed by atoms with Crippen molar-refractivity contribution >= 4 is 11.6 Å². The van der Waals surface area contributed by atoms with Crippen molar-refractivity contribution in [1.82, 2.24) is 5.32 Å². The molecule has 0 aliphatic heterocycles. The fourth-order valence-electron chi connectivity index (χ4n) is 1.32. The van der Waals surface area contributed by atoms with E-state index in [2.05, 4.69) is 10.6 Å². The number of carbonyl (C=O) groups is 1. The SMILES string of the molecule is CC(C)(C)N/C=C(/C#N)C(=O)Nc1ccccc1C#N. The molecule has 1 amide bonds. The minimum atomic E-state index is -0.549. The van der Waals surface area contributed by atoms with Crippen LogP contribution in [-0.4, -0.2) is 11.4 Å². The molecule has 0 saturated heterocycles. The summed E-state index contributed by atoms with van der Waals surface area (Å²) in [6.07, 6.45) is 1.38. The Bertz CT molecular complexity index is 612. The van der Waals surface area contributed by atoms with E-state index in [-0.39, 0.29) is 11.1 Å². The molecule has 1 aromatic rings. The van der Waals surface area contributed by atoms with Crippen LogP contribution >= 0.6 is 0 Å². The number of anilines is 1. The van der Waals surface area contributed by atoms with E-state index in [4.69, 9.17) is 10.5 Å². The number of hydrogen-bond donors (Lipinski definition) is 2. The van der Waals surface area contributed by atoms with Gasteiger partial charge in [-0.3, -0.25) is 4.79 Å². The summed E-state index contributed by atoms with van der Waals surface area (Å²) in [5, 5.41) is 23.5. The number of rotatable bonds is 3. The van der Waals surface area contributed by atoms with Crippen molar-refractivity contribution in [2.45, 2.75) is 26.3 Å². The van der Waals surface area contributed by atoms with Gasteiger partial charge < -0.3 is 10.6 Å². The largest absolute Gasteiger partial charge is 0.385 e. The topological polar surface area (TPSA) is 88.7 Å². The molecule has 0 heterocycles. The van der Waals surface area contributed by atoms with E-state index in [1.165, 1.54) is 6.20 Å². The normalized spacial score (nSPS) is 11.2. The molecule has 5 nitrogen and oxygen atoms in total. The lowest BCUT2D eigenvalue weighted by atomic mass is 10.1. The number of para-hydroxylation sites is 1. The van der Waals surface area contributed by atoms with E-state index in [0.717, 1.165) is 0 Å². The molecular formula is C15H16N4O. The van der Waals surface area contributed by atoms with Crippen LogP contribution in [0, 0.1) is 22.7 Å². The van der Waals surface area contributed by atoms with E-state index < -0.39 is 5.91 Å². The molecule has 0 radical (unpaired) electrons. The van der Waals surface area contributed by atoms with Gasteiger partial charge in [0.1, 0.15) is 17.7 Å². The third-order valence-electron chi connectivity index (χ3n) is 2.31. The second kappa shape index (κ2) is 6.40. The number of nitriles is 2. The minimum absolute atomic E-state index is 0.0485. The van der Waals surface area contributed by atoms with Crippen LogP contribution < -0.4 is 10.6 Å². The van der Waals surface area contributed by atoms with Crippen LogP contribution in [0.1, 0.15) is 26.3 Å². The van der Waals surface area contributed by atoms with Crippen molar-refractivity contribution < 1.29 is 4.79 Å². The third kappa shape index (κ3) is 4.47. The lowest BCUT2D eigenvalue weighted by Crippen LogP contribution is -2.32. The molecule has 0 fully saturated rings. The molecule has 1 aromatic carbocycles. The fourth-order valence-corrected chi connectivity index (χ4v) is 1.32. The molecule has 0 saturated carbocycles. The average molecular weight is 268 g/mol. The summed E-state index contributed by atoms with van der Waals surface area (Å²) in [6.45, 7) is 5.75. The number of nitrogens with one attached hydrogen (secondary N) is 2. The first-order valence-electron chi connectivity index (χ1n) is 6.06. The maximum absolute atomic E-state index is 12.0. The van der Waals surface area contributed by atoms with Gasteiger partial charge in [0, 0.05) is 11.7 Å². The predicted molar refractivity (Wildman–Crippen MR) is 76.4 cm³/mol. The Morgan fingerprint density at radius 2 is 1.90 bits per heavy atom. The van der Waals surface area contributed by atoms with Gasteiger partial charge in [-0.1, -0.05) is 12.1 Å². The van der Waals surface area contributed by atoms with Crippen molar-refractivity contribution in [1.29, 1.82) is 10.5 Å². The highest BCUT2D eigenvalue weighted by Gasteiger charge is 2.13. The molecule has 0 bridgehead atoms.